The fourth-order valence-electron chi connectivity index (χ4n) is 2.50. The molecule has 0 bridgehead atoms. The third-order valence-electron chi connectivity index (χ3n) is 3.63. The van der Waals surface area contributed by atoms with Gasteiger partial charge in [0.2, 0.25) is 5.76 Å². The number of rotatable bonds is 5. The molecule has 1 atom stereocenters. The van der Waals surface area contributed by atoms with Crippen LogP contribution in [0.3, 0.4) is 0 Å². The van der Waals surface area contributed by atoms with Gasteiger partial charge >= 0.3 is 18.1 Å². The molecule has 0 N–H and O–H groups in total. The molecule has 1 aromatic carbocycles. The minimum atomic E-state index is -4.99. The summed E-state index contributed by atoms with van der Waals surface area (Å²) >= 11 is 0. The van der Waals surface area contributed by atoms with E-state index in [1.54, 1.807) is 6.92 Å². The number of alkyl halides is 3. The minimum Gasteiger partial charge on any atom is -0.462 e. The van der Waals surface area contributed by atoms with Crippen molar-refractivity contribution in [3.63, 3.8) is 0 Å². The molecule has 136 valence electrons. The highest BCUT2D eigenvalue weighted by Crippen LogP contribution is 2.56. The lowest BCUT2D eigenvalue weighted by Crippen LogP contribution is -2.56. The molecule has 0 fully saturated rings. The van der Waals surface area contributed by atoms with E-state index in [9.17, 15) is 22.8 Å². The molecular weight excluding hydrogens is 341 g/mol. The molecule has 1 aliphatic rings. The maximum atomic E-state index is 13.9. The molecule has 1 heterocycles. The molecule has 0 radical (unpaired) electrons. The second-order valence-corrected chi connectivity index (χ2v) is 5.29. The van der Waals surface area contributed by atoms with Gasteiger partial charge in [-0.15, -0.1) is 0 Å². The Hall–Kier alpha value is -2.51. The van der Waals surface area contributed by atoms with E-state index in [-0.39, 0.29) is 18.8 Å². The van der Waals surface area contributed by atoms with E-state index < -0.39 is 35.0 Å². The number of hydrogen-bond donors (Lipinski definition) is 0. The van der Waals surface area contributed by atoms with Crippen LogP contribution in [0.2, 0.25) is 0 Å². The van der Waals surface area contributed by atoms with Crippen LogP contribution in [0.4, 0.5) is 13.2 Å². The van der Waals surface area contributed by atoms with Gasteiger partial charge in [-0.05, 0) is 20.8 Å². The van der Waals surface area contributed by atoms with Gasteiger partial charge in [-0.2, -0.15) is 13.2 Å². The summed E-state index contributed by atoms with van der Waals surface area (Å²) in [5, 5.41) is 0. The Morgan fingerprint density at radius 3 is 2.04 bits per heavy atom. The molecule has 0 aliphatic carbocycles. The van der Waals surface area contributed by atoms with Crippen molar-refractivity contribution in [2.75, 3.05) is 13.2 Å². The topological polar surface area (TPSA) is 61.8 Å². The van der Waals surface area contributed by atoms with Crippen molar-refractivity contribution in [2.24, 2.45) is 0 Å². The van der Waals surface area contributed by atoms with Crippen molar-refractivity contribution >= 4 is 11.9 Å². The zero-order chi connectivity index (χ0) is 18.8. The summed E-state index contributed by atoms with van der Waals surface area (Å²) < 4.78 is 56.0. The summed E-state index contributed by atoms with van der Waals surface area (Å²) in [5.74, 6) is -3.19. The highest BCUT2D eigenvalue weighted by atomic mass is 19.4. The number of esters is 2. The van der Waals surface area contributed by atoms with Gasteiger partial charge in [0.1, 0.15) is 5.57 Å². The number of hydrogen-bond acceptors (Lipinski definition) is 5. The van der Waals surface area contributed by atoms with Crippen LogP contribution in [0.25, 0.3) is 0 Å². The first-order valence-electron chi connectivity index (χ1n) is 7.60. The van der Waals surface area contributed by atoms with Crippen molar-refractivity contribution in [2.45, 2.75) is 32.5 Å². The quantitative estimate of drug-likeness (QED) is 0.757. The average Bonchev–Trinajstić information content (AvgIpc) is 2.47. The van der Waals surface area contributed by atoms with Crippen molar-refractivity contribution in [1.29, 1.82) is 0 Å². The summed E-state index contributed by atoms with van der Waals surface area (Å²) in [6.07, 6.45) is -4.99. The van der Waals surface area contributed by atoms with Gasteiger partial charge in [-0.25, -0.2) is 9.59 Å². The largest absolute Gasteiger partial charge is 0.462 e. The monoisotopic (exact) mass is 358 g/mol. The molecule has 1 aromatic rings. The van der Waals surface area contributed by atoms with Gasteiger partial charge in [-0.3, -0.25) is 0 Å². The molecule has 1 aliphatic heterocycles. The van der Waals surface area contributed by atoms with E-state index in [1.807, 2.05) is 0 Å². The standard InChI is InChI=1S/C17H17F3O5/c1-4-23-14(21)12-13(15(22)24-5-2)25-16(12,17(18,19)20)11-8-6-10(3)7-9-11/h6-9H,4-5H2,1-3H3. The van der Waals surface area contributed by atoms with Gasteiger partial charge in [0.05, 0.1) is 13.2 Å². The minimum absolute atomic E-state index is 0.0780. The molecule has 0 saturated heterocycles. The Bertz CT molecular complexity index is 706. The zero-order valence-electron chi connectivity index (χ0n) is 13.9. The Labute approximate surface area is 142 Å². The molecule has 0 saturated carbocycles. The van der Waals surface area contributed by atoms with Crippen molar-refractivity contribution in [3.8, 4) is 0 Å². The number of carbonyl (C=O) groups excluding carboxylic acids is 2. The molecule has 25 heavy (non-hydrogen) atoms. The Balaban J connectivity index is 2.65. The van der Waals surface area contributed by atoms with Crippen molar-refractivity contribution in [3.05, 3.63) is 46.7 Å². The summed E-state index contributed by atoms with van der Waals surface area (Å²) in [7, 11) is 0. The smallest absolute Gasteiger partial charge is 0.437 e. The molecule has 0 spiro atoms. The Kier molecular flexibility index (Phi) is 5.10. The van der Waals surface area contributed by atoms with E-state index >= 15 is 0 Å². The second-order valence-electron chi connectivity index (χ2n) is 5.29. The molecular formula is C17H17F3O5. The van der Waals surface area contributed by atoms with Crippen LogP contribution < -0.4 is 0 Å². The van der Waals surface area contributed by atoms with Crippen LogP contribution in [0.15, 0.2) is 35.6 Å². The summed E-state index contributed by atoms with van der Waals surface area (Å²) in [4.78, 5) is 24.0. The zero-order valence-corrected chi connectivity index (χ0v) is 13.9. The Morgan fingerprint density at radius 1 is 1.04 bits per heavy atom. The SMILES string of the molecule is CCOC(=O)C1=C(C(=O)OCC)C(c2ccc(C)cc2)(C(F)(F)F)O1. The molecule has 8 heteroatoms. The van der Waals surface area contributed by atoms with Gasteiger partial charge < -0.3 is 14.2 Å². The number of aryl methyl sites for hydroxylation is 1. The third-order valence-corrected chi connectivity index (χ3v) is 3.63. The molecule has 5 nitrogen and oxygen atoms in total. The van der Waals surface area contributed by atoms with Crippen molar-refractivity contribution in [1.82, 2.24) is 0 Å². The highest BCUT2D eigenvalue weighted by molar-refractivity contribution is 6.03. The maximum absolute atomic E-state index is 13.9. The lowest BCUT2D eigenvalue weighted by Gasteiger charge is -2.44. The number of benzene rings is 1. The number of ether oxygens (including phenoxy) is 3. The van der Waals surface area contributed by atoms with Crippen LogP contribution in [0.1, 0.15) is 25.0 Å². The Morgan fingerprint density at radius 2 is 1.56 bits per heavy atom. The lowest BCUT2D eigenvalue weighted by atomic mass is 9.79. The van der Waals surface area contributed by atoms with E-state index in [0.717, 1.165) is 5.56 Å². The first kappa shape index (κ1) is 18.8. The number of halogens is 3. The fourth-order valence-corrected chi connectivity index (χ4v) is 2.50. The van der Waals surface area contributed by atoms with Crippen LogP contribution in [-0.4, -0.2) is 31.3 Å². The van der Waals surface area contributed by atoms with E-state index in [4.69, 9.17) is 9.47 Å². The van der Waals surface area contributed by atoms with E-state index in [0.29, 0.717) is 0 Å². The van der Waals surface area contributed by atoms with Crippen LogP contribution >= 0.6 is 0 Å². The lowest BCUT2D eigenvalue weighted by molar-refractivity contribution is -0.278. The highest BCUT2D eigenvalue weighted by Gasteiger charge is 2.71. The number of carbonyl (C=O) groups is 2. The predicted molar refractivity (Wildman–Crippen MR) is 80.3 cm³/mol. The van der Waals surface area contributed by atoms with E-state index in [1.165, 1.54) is 38.1 Å². The van der Waals surface area contributed by atoms with E-state index in [2.05, 4.69) is 4.74 Å². The van der Waals surface area contributed by atoms with Gasteiger partial charge in [-0.1, -0.05) is 29.8 Å². The first-order valence-corrected chi connectivity index (χ1v) is 7.60. The van der Waals surface area contributed by atoms with Crippen molar-refractivity contribution < 1.29 is 37.0 Å². The second kappa shape index (κ2) is 6.78. The first-order chi connectivity index (χ1) is 11.7. The predicted octanol–water partition coefficient (Wildman–Crippen LogP) is 3.16. The van der Waals surface area contributed by atoms with Crippen LogP contribution in [-0.2, 0) is 29.4 Å². The van der Waals surface area contributed by atoms with Crippen LogP contribution in [0.5, 0.6) is 0 Å². The summed E-state index contributed by atoms with van der Waals surface area (Å²) in [5.41, 5.74) is -3.55. The van der Waals surface area contributed by atoms with Gasteiger partial charge in [0.25, 0.3) is 5.60 Å². The molecule has 0 aromatic heterocycles. The molecule has 2 rings (SSSR count). The average molecular weight is 358 g/mol. The fraction of sp³-hybridized carbons (Fsp3) is 0.412. The maximum Gasteiger partial charge on any atom is 0.437 e. The van der Waals surface area contributed by atoms with Gasteiger partial charge in [0.15, 0.2) is 0 Å². The molecule has 1 unspecified atom stereocenters. The third kappa shape index (κ3) is 3.08. The molecule has 0 amide bonds. The van der Waals surface area contributed by atoms with Crippen LogP contribution in [0, 0.1) is 6.92 Å². The normalized spacial score (nSPS) is 19.8. The summed E-state index contributed by atoms with van der Waals surface area (Å²) in [6.45, 7) is 4.41. The van der Waals surface area contributed by atoms with Gasteiger partial charge in [0, 0.05) is 5.56 Å². The summed E-state index contributed by atoms with van der Waals surface area (Å²) in [6, 6.07) is 5.31.